The van der Waals surface area contributed by atoms with Gasteiger partial charge in [0.2, 0.25) is 0 Å². The fourth-order valence-corrected chi connectivity index (χ4v) is 3.86. The standard InChI is InChI=1S/C22H24ClNO6/c1-12-13(2)21-17(14(3)20(12)29-15(4)25)8-9-22(5,30-21)11-28-19-7-6-16(24(26)27)10-18(19)23/h6-7,10H,8-9,11H2,1-5H3. The fourth-order valence-electron chi connectivity index (χ4n) is 3.63. The number of nitro groups is 1. The first kappa shape index (κ1) is 21.9. The summed E-state index contributed by atoms with van der Waals surface area (Å²) in [6.45, 7) is 9.36. The van der Waals surface area contributed by atoms with Crippen LogP contribution >= 0.6 is 11.6 Å². The first-order valence-corrected chi connectivity index (χ1v) is 9.97. The molecule has 1 aliphatic rings. The monoisotopic (exact) mass is 433 g/mol. The smallest absolute Gasteiger partial charge is 0.308 e. The van der Waals surface area contributed by atoms with Crippen molar-refractivity contribution in [2.24, 2.45) is 0 Å². The minimum Gasteiger partial charge on any atom is -0.488 e. The van der Waals surface area contributed by atoms with E-state index in [1.165, 1.54) is 25.1 Å². The number of benzene rings is 2. The number of rotatable bonds is 5. The maximum Gasteiger partial charge on any atom is 0.308 e. The molecule has 0 radical (unpaired) electrons. The molecule has 0 spiro atoms. The average molecular weight is 434 g/mol. The van der Waals surface area contributed by atoms with E-state index < -0.39 is 10.5 Å². The van der Waals surface area contributed by atoms with Crippen LogP contribution in [0.5, 0.6) is 17.2 Å². The van der Waals surface area contributed by atoms with Gasteiger partial charge in [-0.2, -0.15) is 0 Å². The fraction of sp³-hybridized carbons (Fsp3) is 0.409. The molecule has 3 rings (SSSR count). The SMILES string of the molecule is CC(=O)Oc1c(C)c(C)c2c(c1C)CCC(C)(COc1ccc([N+](=O)[O-])cc1Cl)O2. The molecule has 7 nitrogen and oxygen atoms in total. The summed E-state index contributed by atoms with van der Waals surface area (Å²) >= 11 is 6.13. The van der Waals surface area contributed by atoms with Crippen LogP contribution in [0.2, 0.25) is 5.02 Å². The molecule has 0 amide bonds. The van der Waals surface area contributed by atoms with Crippen LogP contribution in [0.4, 0.5) is 5.69 Å². The van der Waals surface area contributed by atoms with E-state index in [0.717, 1.165) is 34.4 Å². The van der Waals surface area contributed by atoms with Crippen molar-refractivity contribution < 1.29 is 23.9 Å². The Morgan fingerprint density at radius 3 is 2.57 bits per heavy atom. The van der Waals surface area contributed by atoms with Crippen molar-refractivity contribution in [1.82, 2.24) is 0 Å². The molecule has 0 aliphatic carbocycles. The summed E-state index contributed by atoms with van der Waals surface area (Å²) in [5.74, 6) is 1.40. The lowest BCUT2D eigenvalue weighted by atomic mass is 9.87. The van der Waals surface area contributed by atoms with Gasteiger partial charge in [0, 0.05) is 24.6 Å². The molecule has 30 heavy (non-hydrogen) atoms. The molecular formula is C22H24ClNO6. The Bertz CT molecular complexity index is 1040. The lowest BCUT2D eigenvalue weighted by molar-refractivity contribution is -0.384. The van der Waals surface area contributed by atoms with Crippen LogP contribution in [0.15, 0.2) is 18.2 Å². The molecule has 1 aliphatic heterocycles. The van der Waals surface area contributed by atoms with E-state index in [4.69, 9.17) is 25.8 Å². The van der Waals surface area contributed by atoms with E-state index in [0.29, 0.717) is 17.9 Å². The number of hydrogen-bond acceptors (Lipinski definition) is 6. The highest BCUT2D eigenvalue weighted by molar-refractivity contribution is 6.32. The number of esters is 1. The lowest BCUT2D eigenvalue weighted by Crippen LogP contribution is -2.42. The van der Waals surface area contributed by atoms with Crippen LogP contribution in [-0.2, 0) is 11.2 Å². The highest BCUT2D eigenvalue weighted by Gasteiger charge is 2.36. The van der Waals surface area contributed by atoms with Gasteiger partial charge in [-0.15, -0.1) is 0 Å². The molecule has 2 aromatic carbocycles. The summed E-state index contributed by atoms with van der Waals surface area (Å²) < 4.78 is 17.7. The van der Waals surface area contributed by atoms with Gasteiger partial charge in [0.1, 0.15) is 29.5 Å². The number of carbonyl (C=O) groups excluding carboxylic acids is 1. The predicted octanol–water partition coefficient (Wildman–Crippen LogP) is 5.26. The zero-order valence-electron chi connectivity index (χ0n) is 17.6. The number of carbonyl (C=O) groups is 1. The number of non-ortho nitro benzene ring substituents is 1. The van der Waals surface area contributed by atoms with Crippen molar-refractivity contribution >= 4 is 23.3 Å². The Kier molecular flexibility index (Phi) is 5.94. The summed E-state index contributed by atoms with van der Waals surface area (Å²) in [6, 6.07) is 4.11. The third kappa shape index (κ3) is 4.21. The average Bonchev–Trinajstić information content (AvgIpc) is 2.68. The van der Waals surface area contributed by atoms with Crippen LogP contribution in [0, 0.1) is 30.9 Å². The molecule has 2 aromatic rings. The molecule has 1 unspecified atom stereocenters. The first-order chi connectivity index (χ1) is 14.0. The molecule has 0 saturated carbocycles. The first-order valence-electron chi connectivity index (χ1n) is 9.59. The van der Waals surface area contributed by atoms with E-state index in [-0.39, 0.29) is 23.3 Å². The zero-order chi connectivity index (χ0) is 22.2. The Morgan fingerprint density at radius 2 is 1.97 bits per heavy atom. The summed E-state index contributed by atoms with van der Waals surface area (Å²) in [7, 11) is 0. The van der Waals surface area contributed by atoms with Gasteiger partial charge in [-0.05, 0) is 63.3 Å². The van der Waals surface area contributed by atoms with Crippen molar-refractivity contribution in [3.63, 3.8) is 0 Å². The Morgan fingerprint density at radius 1 is 1.27 bits per heavy atom. The zero-order valence-corrected chi connectivity index (χ0v) is 18.4. The highest BCUT2D eigenvalue weighted by Crippen LogP contribution is 2.44. The van der Waals surface area contributed by atoms with Gasteiger partial charge in [0.25, 0.3) is 5.69 Å². The Labute approximate surface area is 180 Å². The quantitative estimate of drug-likeness (QED) is 0.276. The summed E-state index contributed by atoms with van der Waals surface area (Å²) in [6.07, 6.45) is 1.43. The van der Waals surface area contributed by atoms with Crippen LogP contribution in [0.1, 0.15) is 42.5 Å². The maximum absolute atomic E-state index is 11.5. The van der Waals surface area contributed by atoms with Crippen molar-refractivity contribution in [2.75, 3.05) is 6.61 Å². The number of fused-ring (bicyclic) bond motifs is 1. The molecule has 0 aromatic heterocycles. The number of hydrogen-bond donors (Lipinski definition) is 0. The molecule has 0 bridgehead atoms. The van der Waals surface area contributed by atoms with Gasteiger partial charge in [-0.25, -0.2) is 0 Å². The molecule has 0 N–H and O–H groups in total. The van der Waals surface area contributed by atoms with Crippen LogP contribution in [0.3, 0.4) is 0 Å². The van der Waals surface area contributed by atoms with Crippen molar-refractivity contribution in [1.29, 1.82) is 0 Å². The van der Waals surface area contributed by atoms with E-state index in [2.05, 4.69) is 0 Å². The topological polar surface area (TPSA) is 87.9 Å². The van der Waals surface area contributed by atoms with Gasteiger partial charge in [-0.1, -0.05) is 11.6 Å². The van der Waals surface area contributed by atoms with Crippen LogP contribution in [-0.4, -0.2) is 23.1 Å². The van der Waals surface area contributed by atoms with E-state index >= 15 is 0 Å². The van der Waals surface area contributed by atoms with Crippen molar-refractivity contribution in [3.8, 4) is 17.2 Å². The molecule has 8 heteroatoms. The molecule has 0 fully saturated rings. The van der Waals surface area contributed by atoms with Gasteiger partial charge >= 0.3 is 5.97 Å². The Hall–Kier alpha value is -2.80. The molecular weight excluding hydrogens is 410 g/mol. The van der Waals surface area contributed by atoms with Crippen molar-refractivity contribution in [2.45, 2.75) is 53.1 Å². The van der Waals surface area contributed by atoms with E-state index in [9.17, 15) is 14.9 Å². The predicted molar refractivity (Wildman–Crippen MR) is 113 cm³/mol. The second-order valence-electron chi connectivity index (χ2n) is 7.82. The third-order valence-electron chi connectivity index (χ3n) is 5.47. The molecule has 0 saturated heterocycles. The number of halogens is 1. The number of nitro benzene ring substituents is 1. The summed E-state index contributed by atoms with van der Waals surface area (Å²) in [5, 5.41) is 11.0. The second-order valence-corrected chi connectivity index (χ2v) is 8.23. The normalized spacial score (nSPS) is 17.7. The largest absolute Gasteiger partial charge is 0.488 e. The lowest BCUT2D eigenvalue weighted by Gasteiger charge is -2.37. The minimum absolute atomic E-state index is 0.0911. The number of nitrogens with zero attached hydrogens (tertiary/aromatic N) is 1. The minimum atomic E-state index is -0.606. The van der Waals surface area contributed by atoms with Gasteiger partial charge in [0.05, 0.1) is 9.95 Å². The summed E-state index contributed by atoms with van der Waals surface area (Å²) in [5.41, 5.74) is 3.03. The second kappa shape index (κ2) is 8.14. The number of ether oxygens (including phenoxy) is 3. The van der Waals surface area contributed by atoms with E-state index in [1.807, 2.05) is 27.7 Å². The maximum atomic E-state index is 11.5. The molecule has 1 atom stereocenters. The van der Waals surface area contributed by atoms with Crippen LogP contribution < -0.4 is 14.2 Å². The summed E-state index contributed by atoms with van der Waals surface area (Å²) in [4.78, 5) is 21.8. The molecule has 1 heterocycles. The van der Waals surface area contributed by atoms with Crippen LogP contribution in [0.25, 0.3) is 0 Å². The van der Waals surface area contributed by atoms with Gasteiger partial charge in [0.15, 0.2) is 0 Å². The van der Waals surface area contributed by atoms with E-state index in [1.54, 1.807) is 0 Å². The highest BCUT2D eigenvalue weighted by atomic mass is 35.5. The van der Waals surface area contributed by atoms with Gasteiger partial charge < -0.3 is 14.2 Å². The van der Waals surface area contributed by atoms with Crippen molar-refractivity contribution in [3.05, 3.63) is 55.6 Å². The third-order valence-corrected chi connectivity index (χ3v) is 5.76. The molecule has 160 valence electrons. The Balaban J connectivity index is 1.83. The van der Waals surface area contributed by atoms with Gasteiger partial charge in [-0.3, -0.25) is 14.9 Å².